The zero-order valence-corrected chi connectivity index (χ0v) is 22.5. The van der Waals surface area contributed by atoms with E-state index in [4.69, 9.17) is 9.47 Å². The van der Waals surface area contributed by atoms with Gasteiger partial charge in [-0.1, -0.05) is 126 Å². The summed E-state index contributed by atoms with van der Waals surface area (Å²) in [6.07, 6.45) is 25.1. The maximum Gasteiger partial charge on any atom is 0.344 e. The summed E-state index contributed by atoms with van der Waals surface area (Å²) in [5.41, 5.74) is -0.197. The first kappa shape index (κ1) is 30.6. The Bertz CT molecular complexity index is 828. The second kappa shape index (κ2) is 18.6. The summed E-state index contributed by atoms with van der Waals surface area (Å²) in [5.74, 6) is -1.20. The highest BCUT2D eigenvalue weighted by Crippen LogP contribution is 2.29. The van der Waals surface area contributed by atoms with E-state index in [0.29, 0.717) is 13.2 Å². The number of hydrogen-bond acceptors (Lipinski definition) is 4. The third-order valence-corrected chi connectivity index (χ3v) is 6.91. The van der Waals surface area contributed by atoms with Gasteiger partial charge in [0.25, 0.3) is 0 Å². The van der Waals surface area contributed by atoms with Crippen molar-refractivity contribution < 1.29 is 24.2 Å². The fourth-order valence-corrected chi connectivity index (χ4v) is 4.61. The van der Waals surface area contributed by atoms with Crippen LogP contribution in [-0.4, -0.2) is 35.9 Å². The predicted octanol–water partition coefficient (Wildman–Crippen LogP) is 7.93. The van der Waals surface area contributed by atoms with E-state index in [9.17, 15) is 14.7 Å². The van der Waals surface area contributed by atoms with E-state index in [1.807, 2.05) is 42.5 Å². The van der Waals surface area contributed by atoms with E-state index in [2.05, 4.69) is 6.58 Å². The number of esters is 1. The number of carbonyl (C=O) groups is 2. The predicted molar refractivity (Wildman–Crippen MR) is 150 cm³/mol. The van der Waals surface area contributed by atoms with Gasteiger partial charge in [0.15, 0.2) is 0 Å². The van der Waals surface area contributed by atoms with Crippen molar-refractivity contribution in [3.05, 3.63) is 72.9 Å². The van der Waals surface area contributed by atoms with Crippen LogP contribution in [0.25, 0.3) is 0 Å². The molecule has 0 aliphatic heterocycles. The minimum atomic E-state index is -1.34. The van der Waals surface area contributed by atoms with Crippen molar-refractivity contribution in [2.24, 2.45) is 0 Å². The lowest BCUT2D eigenvalue weighted by Gasteiger charge is -2.27. The summed E-state index contributed by atoms with van der Waals surface area (Å²) in [7, 11) is 0. The van der Waals surface area contributed by atoms with Crippen LogP contribution in [-0.2, 0) is 19.1 Å². The third kappa shape index (κ3) is 12.4. The van der Waals surface area contributed by atoms with E-state index in [0.717, 1.165) is 31.2 Å². The first-order valence-corrected chi connectivity index (χ1v) is 14.2. The van der Waals surface area contributed by atoms with E-state index >= 15 is 0 Å². The van der Waals surface area contributed by atoms with Crippen LogP contribution in [0, 0.1) is 0 Å². The first-order valence-electron chi connectivity index (χ1n) is 14.2. The van der Waals surface area contributed by atoms with Crippen molar-refractivity contribution in [2.45, 2.75) is 101 Å². The summed E-state index contributed by atoms with van der Waals surface area (Å²) >= 11 is 0. The quantitative estimate of drug-likeness (QED) is 0.0787. The van der Waals surface area contributed by atoms with Crippen LogP contribution in [0.1, 0.15) is 101 Å². The van der Waals surface area contributed by atoms with E-state index in [1.165, 1.54) is 70.3 Å². The highest BCUT2D eigenvalue weighted by molar-refractivity contribution is 5.83. The lowest BCUT2D eigenvalue weighted by molar-refractivity contribution is -0.154. The van der Waals surface area contributed by atoms with Crippen LogP contribution < -0.4 is 0 Å². The number of benzene rings is 1. The Kier molecular flexibility index (Phi) is 15.3. The molecule has 1 aromatic rings. The lowest BCUT2D eigenvalue weighted by Crippen LogP contribution is -2.39. The topological polar surface area (TPSA) is 72.8 Å². The monoisotopic (exact) mass is 510 g/mol. The molecular weight excluding hydrogens is 464 g/mol. The molecule has 5 nitrogen and oxygen atoms in total. The Hall–Kier alpha value is -2.66. The van der Waals surface area contributed by atoms with Crippen LogP contribution >= 0.6 is 0 Å². The summed E-state index contributed by atoms with van der Waals surface area (Å²) in [4.78, 5) is 22.8. The largest absolute Gasteiger partial charge is 0.479 e. The molecule has 5 heteroatoms. The van der Waals surface area contributed by atoms with Crippen molar-refractivity contribution in [3.8, 4) is 0 Å². The van der Waals surface area contributed by atoms with Gasteiger partial charge in [-0.3, -0.25) is 0 Å². The molecule has 0 amide bonds. The smallest absolute Gasteiger partial charge is 0.344 e. The van der Waals surface area contributed by atoms with Crippen LogP contribution in [0.4, 0.5) is 0 Å². The van der Waals surface area contributed by atoms with Gasteiger partial charge >= 0.3 is 11.9 Å². The van der Waals surface area contributed by atoms with Gasteiger partial charge in [0.2, 0.25) is 5.60 Å². The zero-order valence-electron chi connectivity index (χ0n) is 22.5. The number of carbonyl (C=O) groups excluding carboxylic acids is 1. The Labute approximate surface area is 223 Å². The molecule has 0 fully saturated rings. The maximum absolute atomic E-state index is 11.9. The molecule has 0 aromatic heterocycles. The van der Waals surface area contributed by atoms with Crippen molar-refractivity contribution in [3.63, 3.8) is 0 Å². The Morgan fingerprint density at radius 3 is 1.68 bits per heavy atom. The molecule has 0 spiro atoms. The zero-order chi connectivity index (χ0) is 26.6. The molecule has 1 aliphatic carbocycles. The average molecular weight is 511 g/mol. The Balaban J connectivity index is 1.41. The number of rotatable bonds is 21. The second-order valence-corrected chi connectivity index (χ2v) is 9.92. The van der Waals surface area contributed by atoms with Crippen LogP contribution in [0.5, 0.6) is 0 Å². The fraction of sp³-hybridized carbons (Fsp3) is 0.562. The second-order valence-electron chi connectivity index (χ2n) is 9.92. The van der Waals surface area contributed by atoms with Crippen LogP contribution in [0.15, 0.2) is 67.3 Å². The molecular formula is C32H46O5. The van der Waals surface area contributed by atoms with Crippen molar-refractivity contribution in [1.82, 2.24) is 0 Å². The number of unbranched alkanes of at least 4 members (excludes halogenated alkanes) is 13. The first-order chi connectivity index (χ1) is 18.1. The number of carboxylic acid groups (broad SMARTS) is 1. The van der Waals surface area contributed by atoms with Gasteiger partial charge in [-0.05, 0) is 30.6 Å². The highest BCUT2D eigenvalue weighted by Gasteiger charge is 2.36. The van der Waals surface area contributed by atoms with Crippen molar-refractivity contribution >= 4 is 11.9 Å². The molecule has 0 unspecified atom stereocenters. The van der Waals surface area contributed by atoms with Crippen molar-refractivity contribution in [1.29, 1.82) is 0 Å². The molecule has 204 valence electrons. The SMILES string of the molecule is C=CC(=O)OCCCCCCCCCCCCCCCCOC1(C(=O)O)C=CC(c2ccccc2)C=C1. The fourth-order valence-electron chi connectivity index (χ4n) is 4.61. The Morgan fingerprint density at radius 1 is 0.757 bits per heavy atom. The average Bonchev–Trinajstić information content (AvgIpc) is 2.92. The molecule has 0 atom stereocenters. The molecule has 1 aliphatic rings. The van der Waals surface area contributed by atoms with Crippen LogP contribution in [0.3, 0.4) is 0 Å². The van der Waals surface area contributed by atoms with E-state index < -0.39 is 11.6 Å². The number of carboxylic acids is 1. The summed E-state index contributed by atoms with van der Waals surface area (Å²) in [6.45, 7) is 4.35. The molecule has 1 N–H and O–H groups in total. The van der Waals surface area contributed by atoms with Gasteiger partial charge in [0.1, 0.15) is 0 Å². The summed E-state index contributed by atoms with van der Waals surface area (Å²) in [5, 5.41) is 9.76. The molecule has 0 saturated carbocycles. The molecule has 2 rings (SSSR count). The Morgan fingerprint density at radius 2 is 1.22 bits per heavy atom. The van der Waals surface area contributed by atoms with Gasteiger partial charge < -0.3 is 14.6 Å². The van der Waals surface area contributed by atoms with Crippen molar-refractivity contribution in [2.75, 3.05) is 13.2 Å². The van der Waals surface area contributed by atoms with Gasteiger partial charge in [-0.25, -0.2) is 9.59 Å². The molecule has 0 saturated heterocycles. The standard InChI is InChI=1S/C32H46O5/c1-2-30(33)36-26-18-13-11-9-7-5-3-4-6-8-10-12-14-19-27-37-32(31(34)35)24-22-29(23-25-32)28-20-16-15-17-21-28/h2,15-17,20-25,29H,1,3-14,18-19,26-27H2,(H,34,35). The van der Waals surface area contributed by atoms with E-state index in [-0.39, 0.29) is 11.9 Å². The number of ether oxygens (including phenoxy) is 2. The highest BCUT2D eigenvalue weighted by atomic mass is 16.5. The minimum absolute atomic E-state index is 0.0873. The maximum atomic E-state index is 11.9. The number of allylic oxidation sites excluding steroid dienone is 2. The molecule has 0 bridgehead atoms. The lowest BCUT2D eigenvalue weighted by atomic mass is 9.88. The van der Waals surface area contributed by atoms with E-state index in [1.54, 1.807) is 12.2 Å². The number of hydrogen-bond donors (Lipinski definition) is 1. The van der Waals surface area contributed by atoms with Gasteiger partial charge in [-0.2, -0.15) is 0 Å². The number of aliphatic carboxylic acids is 1. The van der Waals surface area contributed by atoms with Gasteiger partial charge in [0, 0.05) is 18.6 Å². The third-order valence-electron chi connectivity index (χ3n) is 6.91. The minimum Gasteiger partial charge on any atom is -0.479 e. The molecule has 0 radical (unpaired) electrons. The van der Waals surface area contributed by atoms with Gasteiger partial charge in [-0.15, -0.1) is 0 Å². The van der Waals surface area contributed by atoms with Crippen LogP contribution in [0.2, 0.25) is 0 Å². The molecule has 37 heavy (non-hydrogen) atoms. The van der Waals surface area contributed by atoms with Gasteiger partial charge in [0.05, 0.1) is 6.61 Å². The molecule has 1 aromatic carbocycles. The summed E-state index contributed by atoms with van der Waals surface area (Å²) in [6, 6.07) is 10.1. The molecule has 0 heterocycles. The summed E-state index contributed by atoms with van der Waals surface area (Å²) < 4.78 is 10.8. The normalized spacial score (nSPS) is 18.5.